The van der Waals surface area contributed by atoms with E-state index >= 15 is 14.4 Å². The number of ether oxygens (including phenoxy) is 2. The van der Waals surface area contributed by atoms with Gasteiger partial charge in [-0.05, 0) is 144 Å². The second-order valence-electron chi connectivity index (χ2n) is 37.3. The Labute approximate surface area is 857 Å². The van der Waals surface area contributed by atoms with Gasteiger partial charge in [0.1, 0.15) is 84.7 Å². The number of primary amides is 1. The third-order valence-electron chi connectivity index (χ3n) is 25.4. The Hall–Kier alpha value is -14.2. The number of unbranched alkanes of at least 4 members (excludes halogenated alkanes) is 14. The van der Waals surface area contributed by atoms with E-state index in [-0.39, 0.29) is 181 Å². The van der Waals surface area contributed by atoms with Gasteiger partial charge in [-0.1, -0.05) is 94.9 Å². The first-order valence-electron chi connectivity index (χ1n) is 51.1. The summed E-state index contributed by atoms with van der Waals surface area (Å²) in [5.41, 5.74) is 18.5. The van der Waals surface area contributed by atoms with Crippen LogP contribution >= 0.6 is 0 Å². The molecule has 1 aromatic carbocycles. The summed E-state index contributed by atoms with van der Waals surface area (Å²) in [5.74, 6) is -17.9. The number of hydrogen-bond acceptors (Lipinski definition) is 28. The number of aromatic amines is 2. The number of nitrogens with zero attached hydrogens (tertiary/aromatic N) is 7. The molecule has 0 saturated carbocycles. The predicted octanol–water partition coefficient (Wildman–Crippen LogP) is -2.14. The second kappa shape index (κ2) is 66.8. The summed E-state index contributed by atoms with van der Waals surface area (Å²) in [5, 5.41) is 95.7. The maximum absolute atomic E-state index is 15.6. The number of benzene rings is 1. The van der Waals surface area contributed by atoms with Crippen molar-refractivity contribution in [2.45, 2.75) is 311 Å². The zero-order valence-corrected chi connectivity index (χ0v) is 84.2. The number of likely N-dealkylation sites (tertiary alicyclic amines) is 2. The van der Waals surface area contributed by atoms with Crippen molar-refractivity contribution in [3.05, 3.63) is 53.6 Å². The molecule has 11 atom stereocenters. The quantitative estimate of drug-likeness (QED) is 0.0163. The van der Waals surface area contributed by atoms with Crippen LogP contribution < -0.4 is 91.6 Å². The number of ketones is 1. The molecular formula is C96H150N28O24. The van der Waals surface area contributed by atoms with Crippen molar-refractivity contribution < 1.29 is 116 Å². The van der Waals surface area contributed by atoms with Crippen LogP contribution in [0.25, 0.3) is 10.9 Å². The summed E-state index contributed by atoms with van der Waals surface area (Å²) >= 11 is 0. The number of nitrogens with two attached hydrogens (primary N) is 3. The van der Waals surface area contributed by atoms with E-state index in [0.717, 1.165) is 56.2 Å². The third-order valence-corrected chi connectivity index (χ3v) is 25.4. The van der Waals surface area contributed by atoms with Gasteiger partial charge >= 0.3 is 17.9 Å². The number of tetrazole rings is 1. The van der Waals surface area contributed by atoms with Crippen LogP contribution in [0.2, 0.25) is 0 Å². The molecule has 7 rings (SSSR count). The van der Waals surface area contributed by atoms with Crippen LogP contribution in [0.15, 0.2) is 47.2 Å². The summed E-state index contributed by atoms with van der Waals surface area (Å²) in [6.07, 6.45) is 18.0. The van der Waals surface area contributed by atoms with Gasteiger partial charge in [0, 0.05) is 120 Å². The van der Waals surface area contributed by atoms with Crippen molar-refractivity contribution in [3.8, 4) is 0 Å². The molecule has 52 nitrogen and oxygen atoms in total. The third kappa shape index (κ3) is 46.2. The molecule has 3 saturated heterocycles. The Morgan fingerprint density at radius 3 is 1.78 bits per heavy atom. The lowest BCUT2D eigenvalue weighted by Crippen LogP contribution is -2.60. The molecule has 0 spiro atoms. The summed E-state index contributed by atoms with van der Waals surface area (Å²) < 4.78 is 11.0. The van der Waals surface area contributed by atoms with Gasteiger partial charge in [-0.2, -0.15) is 0 Å². The van der Waals surface area contributed by atoms with E-state index in [0.29, 0.717) is 41.5 Å². The molecule has 4 aliphatic rings. The minimum atomic E-state index is -2.06. The van der Waals surface area contributed by atoms with Crippen LogP contribution in [-0.2, 0) is 113 Å². The number of rotatable bonds is 64. The molecule has 0 unspecified atom stereocenters. The van der Waals surface area contributed by atoms with Crippen LogP contribution in [0.3, 0.4) is 0 Å². The minimum absolute atomic E-state index is 0.00931. The largest absolute Gasteiger partial charge is 0.481 e. The number of aromatic nitrogens is 5. The maximum Gasteiger partial charge on any atom is 0.317 e. The van der Waals surface area contributed by atoms with Crippen molar-refractivity contribution in [2.75, 3.05) is 91.9 Å². The average molecular weight is 2080 g/mol. The number of allylic oxidation sites excluding steroid dienone is 1. The number of fused-ring (bicyclic) bond motifs is 1. The van der Waals surface area contributed by atoms with Gasteiger partial charge in [0.25, 0.3) is 0 Å². The number of nitrogens with one attached hydrogen (secondary N) is 18. The Bertz CT molecular complexity index is 4960. The lowest BCUT2D eigenvalue weighted by atomic mass is 9.99. The molecule has 3 fully saturated rings. The molecule has 148 heavy (non-hydrogen) atoms. The molecule has 4 aliphatic heterocycles. The first kappa shape index (κ1) is 121. The molecular weight excluding hydrogens is 1930 g/mol. The predicted molar refractivity (Wildman–Crippen MR) is 536 cm³/mol. The number of aliphatic imine (C=N–C) groups is 1. The molecule has 6 heterocycles. The zero-order valence-electron chi connectivity index (χ0n) is 84.2. The topological polar surface area (TPSA) is 790 Å². The van der Waals surface area contributed by atoms with Crippen molar-refractivity contribution in [1.82, 2.24) is 115 Å². The monoisotopic (exact) mass is 2080 g/mol. The van der Waals surface area contributed by atoms with Crippen LogP contribution in [0.1, 0.15) is 243 Å². The number of aryl methyl sites for hydroxylation is 1. The normalized spacial score (nSPS) is 18.8. The van der Waals surface area contributed by atoms with Crippen molar-refractivity contribution in [1.29, 1.82) is 10.8 Å². The molecule has 0 aliphatic carbocycles. The SMILES string of the molecule is CC(=O)N[C@H]1CCC(=O)CC[C@@H](C(=O)N2CCC[C@H]2C(=O)N2CCC[C@H]2C(=O)N[C@@H](CCCNC(=N)N)C(=O)N[C@@H](CC(=O)O)C(=O)N[C@@H](CCCCN(CC(=O)O)CC(=O)O)C(=O)N[C@@H](CCCCNC(=O)COCCOCCNC(=O)CCCCCCCCCCCCCCCc2nnn[nH]2)C(N)=O)NC(=O)[C@H](Cc2c[nH]c3ccccc23)NC(=O)[C@H](CCCNC(=N)N)NC(=O)CNC(=O)[C@H](CC2=CCC=N2)NC1=O. The number of para-hydroxylation sites is 1. The van der Waals surface area contributed by atoms with Crippen LogP contribution in [0.5, 0.6) is 0 Å². The molecule has 27 N–H and O–H groups in total. The van der Waals surface area contributed by atoms with E-state index in [2.05, 4.69) is 105 Å². The number of aliphatic carboxylic acids is 3. The van der Waals surface area contributed by atoms with Gasteiger partial charge in [0.2, 0.25) is 88.6 Å². The van der Waals surface area contributed by atoms with Gasteiger partial charge in [-0.3, -0.25) is 112 Å². The Morgan fingerprint density at radius 1 is 0.554 bits per heavy atom. The van der Waals surface area contributed by atoms with Gasteiger partial charge < -0.3 is 131 Å². The van der Waals surface area contributed by atoms with Crippen LogP contribution in [0.4, 0.5) is 0 Å². The number of H-pyrrole nitrogens is 2. The van der Waals surface area contributed by atoms with Gasteiger partial charge in [-0.15, -0.1) is 5.10 Å². The first-order valence-corrected chi connectivity index (χ1v) is 51.1. The first-order chi connectivity index (χ1) is 71.0. The minimum Gasteiger partial charge on any atom is -0.481 e. The fourth-order valence-electron chi connectivity index (χ4n) is 17.7. The second-order valence-corrected chi connectivity index (χ2v) is 37.3. The lowest BCUT2D eigenvalue weighted by Gasteiger charge is -2.34. The lowest BCUT2D eigenvalue weighted by molar-refractivity contribution is -0.148. The fraction of sp³-hybridized carbons (Fsp3) is 0.656. The number of carbonyl (C=O) groups excluding carboxylic acids is 16. The highest BCUT2D eigenvalue weighted by Crippen LogP contribution is 2.29. The number of Topliss-reactive ketones (excluding diaryl/α,β-unsaturated/α-hetero) is 1. The molecule has 52 heteroatoms. The molecule has 3 aromatic rings. The average Bonchev–Trinajstić information content (AvgIpc) is 1.64. The van der Waals surface area contributed by atoms with E-state index < -0.39 is 230 Å². The molecule has 15 amide bonds. The van der Waals surface area contributed by atoms with Gasteiger partial charge in [0.15, 0.2) is 11.9 Å². The van der Waals surface area contributed by atoms with Crippen molar-refractivity contribution in [2.24, 2.45) is 22.2 Å². The highest BCUT2D eigenvalue weighted by molar-refractivity contribution is 6.01. The number of hydrogen-bond donors (Lipinski definition) is 24. The number of amides is 15. The van der Waals surface area contributed by atoms with E-state index in [9.17, 15) is 92.0 Å². The number of carboxylic acids is 3. The summed E-state index contributed by atoms with van der Waals surface area (Å²) in [6.45, 7) is -0.902. The van der Waals surface area contributed by atoms with E-state index in [4.69, 9.17) is 37.5 Å². The fourth-order valence-corrected chi connectivity index (χ4v) is 17.7. The summed E-state index contributed by atoms with van der Waals surface area (Å²) in [4.78, 5) is 274. The van der Waals surface area contributed by atoms with Crippen LogP contribution in [-0.4, -0.2) is 344 Å². The van der Waals surface area contributed by atoms with Crippen molar-refractivity contribution in [3.63, 3.8) is 0 Å². The zero-order chi connectivity index (χ0) is 108. The highest BCUT2D eigenvalue weighted by atomic mass is 16.5. The highest BCUT2D eigenvalue weighted by Gasteiger charge is 2.46. The molecule has 0 bridgehead atoms. The van der Waals surface area contributed by atoms with Gasteiger partial charge in [-0.25, -0.2) is 5.10 Å². The Morgan fingerprint density at radius 2 is 1.13 bits per heavy atom. The van der Waals surface area contributed by atoms with E-state index in [1.807, 2.05) is 0 Å². The van der Waals surface area contributed by atoms with Crippen molar-refractivity contribution >= 4 is 141 Å². The molecule has 0 radical (unpaired) electrons. The number of carboxylic acid groups (broad SMARTS) is 3. The maximum atomic E-state index is 15.6. The van der Waals surface area contributed by atoms with Gasteiger partial charge in [0.05, 0.1) is 45.9 Å². The standard InChI is InChI=1S/C96H150N28O24/c1-60(125)109-70-39-37-63(126)38-40-71(114-90(142)72(52-61-55-107-65-28-16-15-27-64(61)65)115-86(138)67(31-22-43-105-95(98)99)110-79(128)56-108-85(137)73(116-89(70)141)53-62-26-21-42-102-62)93(145)124-48-25-34-76(124)94(146)123-47-24-33-75(123)92(144)113-69(32-23-44-106-96(100)101)88(140)117-74(54-81(130)131)91(143)112-68(30-18-20-46-122(57-82(132)133)58-83(134)135)87(139)111-66(84(97)136)29-17-19-41-103-80(129)59-148-51-50-147-49-45-104-78(127)36-14-12-10-8-6-4-2-3-5-7-9-11-13-35-77-118-120-121-119-77/h15-16,26-28,42,55,66-76,107H,2-14,17-25,29-41,43-54,56-59H2,1H3,(H2,97,136)(H,103,129)(H,104,127)(H,108,137)(H,109,125)(H,110,128)(H,111,139)(H,112,143)(H,113,144)(H,114,142)(H,115,138)(H,116,141)(H,117,140)(H,130,131)(H,132,133)(H,134,135)(H4,98,99,105)(H4,100,101,106)(H,118,119,120,121)/t66-,67-,68-,69-,70-,71-,72-,73-,74-,75-,76-/m0/s1. The van der Waals surface area contributed by atoms with E-state index in [1.54, 1.807) is 42.8 Å². The number of carbonyl (C=O) groups is 19. The smallest absolute Gasteiger partial charge is 0.317 e. The van der Waals surface area contributed by atoms with Crippen LogP contribution in [0, 0.1) is 10.8 Å². The number of guanidine groups is 2. The van der Waals surface area contributed by atoms with E-state index in [1.165, 1.54) is 61.2 Å². The molecule has 818 valence electrons. The molecule has 2 aromatic heterocycles. The Balaban J connectivity index is 0.993. The summed E-state index contributed by atoms with van der Waals surface area (Å²) in [6, 6.07) is -10.2. The Kier molecular flexibility index (Phi) is 54.5. The summed E-state index contributed by atoms with van der Waals surface area (Å²) in [7, 11) is 0.